The molecule has 0 bridgehead atoms. The van der Waals surface area contributed by atoms with Gasteiger partial charge >= 0.3 is 37.7 Å². The molecule has 0 spiro atoms. The molecular weight excluding hydrogens is 1150 g/mol. The zero-order valence-electron chi connectivity index (χ0n) is 59.4. The Morgan fingerprint density at radius 1 is 0.207 bits per heavy atom. The van der Waals surface area contributed by atoms with Gasteiger partial charge in [0.1, 0.15) is 0 Å². The second kappa shape index (κ2) is 77.7. The first kappa shape index (κ1) is 92.2. The third-order valence-corrected chi connectivity index (χ3v) is 19.6. The molecule has 2 atom stereocenters. The van der Waals surface area contributed by atoms with E-state index in [1.54, 1.807) is 0 Å². The summed E-state index contributed by atoms with van der Waals surface area (Å²) in [7, 11) is -9.18. The SMILES string of the molecule is CCCCCCCCCCCCCCCCCCCCC(CCCCCCCCCCCCCCCC)COS(=O)(=O)[O-].CCCCCCCCCCCCCCCCCCCCC(CCCCCCCCCCCCCCCC)COS(=O)(=O)[O-].[Ca+2]. The summed E-state index contributed by atoms with van der Waals surface area (Å²) < 4.78 is 75.3. The molecule has 0 aromatic heterocycles. The van der Waals surface area contributed by atoms with Gasteiger partial charge in [0.15, 0.2) is 0 Å². The van der Waals surface area contributed by atoms with Crippen LogP contribution in [0.4, 0.5) is 0 Å². The van der Waals surface area contributed by atoms with Crippen LogP contribution in [0.2, 0.25) is 0 Å². The Morgan fingerprint density at radius 3 is 0.414 bits per heavy atom. The average molecular weight is 1300 g/mol. The van der Waals surface area contributed by atoms with Gasteiger partial charge in [-0.25, -0.2) is 16.8 Å². The second-order valence-corrected chi connectivity index (χ2v) is 29.6. The molecule has 0 aliphatic rings. The number of hydrogen-bond acceptors (Lipinski definition) is 8. The molecule has 0 radical (unpaired) electrons. The molecule has 0 saturated heterocycles. The van der Waals surface area contributed by atoms with E-state index >= 15 is 0 Å². The minimum atomic E-state index is -4.59. The van der Waals surface area contributed by atoms with Crippen LogP contribution < -0.4 is 0 Å². The molecule has 0 amide bonds. The van der Waals surface area contributed by atoms with E-state index in [1.165, 1.54) is 385 Å². The standard InChI is InChI=1S/2C38H78O4S.Ca/c2*1-3-5-7-9-11-13-15-17-19-20-21-22-24-26-28-30-32-34-36-38(37-42-43(39,40)41)35-33-31-29-27-25-23-18-16-14-12-10-8-6-4-2;/h2*38H,3-37H2,1-2H3,(H,39,40,41);/q;;+2/p-2. The Labute approximate surface area is 577 Å². The Kier molecular flexibility index (Phi) is 82.3. The van der Waals surface area contributed by atoms with Gasteiger partial charge in [-0.2, -0.15) is 0 Å². The number of unbranched alkanes of at least 4 members (excludes halogenated alkanes) is 60. The van der Waals surface area contributed by atoms with E-state index in [1.807, 2.05) is 0 Å². The normalized spacial score (nSPS) is 12.6. The van der Waals surface area contributed by atoms with Crippen LogP contribution in [0.15, 0.2) is 0 Å². The van der Waals surface area contributed by atoms with Crippen LogP contribution in [0.1, 0.15) is 464 Å². The Morgan fingerprint density at radius 2 is 0.310 bits per heavy atom. The summed E-state index contributed by atoms with van der Waals surface area (Å²) in [5.41, 5.74) is 0. The smallest absolute Gasteiger partial charge is 0.726 e. The fourth-order valence-electron chi connectivity index (χ4n) is 12.9. The Balaban J connectivity index is -0.00000160. The molecule has 0 aliphatic carbocycles. The Hall–Kier alpha value is 1.000. The molecule has 2 unspecified atom stereocenters. The van der Waals surface area contributed by atoms with E-state index in [9.17, 15) is 25.9 Å². The van der Waals surface area contributed by atoms with Crippen molar-refractivity contribution in [3.8, 4) is 0 Å². The number of hydrogen-bond donors (Lipinski definition) is 0. The molecule has 0 rings (SSSR count). The van der Waals surface area contributed by atoms with Crippen molar-refractivity contribution in [2.75, 3.05) is 13.2 Å². The van der Waals surface area contributed by atoms with Gasteiger partial charge < -0.3 is 9.11 Å². The third-order valence-electron chi connectivity index (χ3n) is 18.8. The first-order valence-corrected chi connectivity index (χ1v) is 41.9. The molecule has 0 heterocycles. The maximum atomic E-state index is 11.0. The van der Waals surface area contributed by atoms with Crippen molar-refractivity contribution in [2.24, 2.45) is 11.8 Å². The van der Waals surface area contributed by atoms with E-state index in [0.29, 0.717) is 0 Å². The molecule has 0 aromatic rings. The van der Waals surface area contributed by atoms with Crippen molar-refractivity contribution < 1.29 is 34.3 Å². The minimum Gasteiger partial charge on any atom is -0.726 e. The fourth-order valence-corrected chi connectivity index (χ4v) is 13.6. The molecular formula is C76H154CaO8S2. The topological polar surface area (TPSA) is 133 Å². The van der Waals surface area contributed by atoms with Gasteiger partial charge in [0.05, 0.1) is 13.2 Å². The van der Waals surface area contributed by atoms with Crippen LogP contribution in [0.5, 0.6) is 0 Å². The summed E-state index contributed by atoms with van der Waals surface area (Å²) in [6.07, 6.45) is 90.7. The molecule has 0 saturated carbocycles. The van der Waals surface area contributed by atoms with Gasteiger partial charge in [0, 0.05) is 0 Å². The van der Waals surface area contributed by atoms with Crippen LogP contribution in [-0.4, -0.2) is 76.9 Å². The van der Waals surface area contributed by atoms with E-state index in [0.717, 1.165) is 51.4 Å². The summed E-state index contributed by atoms with van der Waals surface area (Å²) >= 11 is 0. The van der Waals surface area contributed by atoms with Gasteiger partial charge in [-0.3, -0.25) is 8.37 Å². The zero-order valence-corrected chi connectivity index (χ0v) is 63.3. The monoisotopic (exact) mass is 1300 g/mol. The van der Waals surface area contributed by atoms with Crippen LogP contribution >= 0.6 is 0 Å². The summed E-state index contributed by atoms with van der Waals surface area (Å²) in [5.74, 6) is 0.393. The molecule has 11 heteroatoms. The molecule has 520 valence electrons. The van der Waals surface area contributed by atoms with Crippen molar-refractivity contribution in [3.63, 3.8) is 0 Å². The van der Waals surface area contributed by atoms with Crippen molar-refractivity contribution in [1.29, 1.82) is 0 Å². The second-order valence-electron chi connectivity index (χ2n) is 27.5. The summed E-state index contributed by atoms with van der Waals surface area (Å²) in [6, 6.07) is 0. The predicted octanol–water partition coefficient (Wildman–Crippen LogP) is 26.4. The minimum absolute atomic E-state index is 0. The maximum absolute atomic E-state index is 11.0. The van der Waals surface area contributed by atoms with Crippen molar-refractivity contribution >= 4 is 58.5 Å². The quantitative estimate of drug-likeness (QED) is 0.0254. The van der Waals surface area contributed by atoms with Gasteiger partial charge in [-0.1, -0.05) is 439 Å². The molecule has 87 heavy (non-hydrogen) atoms. The molecule has 8 nitrogen and oxygen atoms in total. The molecule has 0 N–H and O–H groups in total. The van der Waals surface area contributed by atoms with E-state index in [2.05, 4.69) is 36.1 Å². The van der Waals surface area contributed by atoms with E-state index < -0.39 is 20.8 Å². The fraction of sp³-hybridized carbons (Fsp3) is 1.00. The largest absolute Gasteiger partial charge is 2.00 e. The molecule has 0 aromatic carbocycles. The third kappa shape index (κ3) is 87.0. The van der Waals surface area contributed by atoms with Crippen LogP contribution in [0.3, 0.4) is 0 Å². The molecule has 0 aliphatic heterocycles. The van der Waals surface area contributed by atoms with Crippen molar-refractivity contribution in [1.82, 2.24) is 0 Å². The van der Waals surface area contributed by atoms with E-state index in [-0.39, 0.29) is 62.8 Å². The summed E-state index contributed by atoms with van der Waals surface area (Å²) in [4.78, 5) is 0. The van der Waals surface area contributed by atoms with Gasteiger partial charge in [0.25, 0.3) is 0 Å². The van der Waals surface area contributed by atoms with Gasteiger partial charge in [-0.15, -0.1) is 0 Å². The van der Waals surface area contributed by atoms with Gasteiger partial charge in [-0.05, 0) is 37.5 Å². The first-order valence-electron chi connectivity index (χ1n) is 39.2. The average Bonchev–Trinajstić information content (AvgIpc) is 3.56. The van der Waals surface area contributed by atoms with Crippen LogP contribution in [0, 0.1) is 11.8 Å². The summed E-state index contributed by atoms with van der Waals surface area (Å²) in [5, 5.41) is 0. The molecule has 0 fully saturated rings. The van der Waals surface area contributed by atoms with Crippen LogP contribution in [-0.2, 0) is 29.2 Å². The Bertz CT molecular complexity index is 1360. The number of rotatable bonds is 74. The van der Waals surface area contributed by atoms with Crippen LogP contribution in [0.25, 0.3) is 0 Å². The van der Waals surface area contributed by atoms with Crippen molar-refractivity contribution in [3.05, 3.63) is 0 Å². The van der Waals surface area contributed by atoms with Crippen molar-refractivity contribution in [2.45, 2.75) is 464 Å². The van der Waals surface area contributed by atoms with E-state index in [4.69, 9.17) is 0 Å². The van der Waals surface area contributed by atoms with Gasteiger partial charge in [0.2, 0.25) is 20.8 Å². The zero-order chi connectivity index (χ0) is 63.1. The maximum Gasteiger partial charge on any atom is 2.00 e. The predicted molar refractivity (Wildman–Crippen MR) is 381 cm³/mol. The summed E-state index contributed by atoms with van der Waals surface area (Å²) in [6.45, 7) is 9.27. The first-order chi connectivity index (χ1) is 42.0.